The predicted molar refractivity (Wildman–Crippen MR) is 62.0 cm³/mol. The molecule has 4 heteroatoms. The van der Waals surface area contributed by atoms with Gasteiger partial charge in [-0.05, 0) is 36.4 Å². The summed E-state index contributed by atoms with van der Waals surface area (Å²) in [7, 11) is 1.60. The van der Waals surface area contributed by atoms with Gasteiger partial charge in [-0.25, -0.2) is 4.98 Å². The average Bonchev–Trinajstić information content (AvgIpc) is 2.40. The van der Waals surface area contributed by atoms with Crippen LogP contribution in [0.25, 0.3) is 0 Å². The van der Waals surface area contributed by atoms with Crippen molar-refractivity contribution in [3.8, 4) is 23.3 Å². The molecule has 0 saturated heterocycles. The molecule has 0 fully saturated rings. The molecule has 0 atom stereocenters. The third-order valence-electron chi connectivity index (χ3n) is 2.16. The number of aromatic nitrogens is 1. The minimum Gasteiger partial charge on any atom is -0.497 e. The highest BCUT2D eigenvalue weighted by Gasteiger charge is 2.04. The van der Waals surface area contributed by atoms with Crippen LogP contribution in [0.15, 0.2) is 42.6 Å². The van der Waals surface area contributed by atoms with Crippen LogP contribution in [0.4, 0.5) is 0 Å². The van der Waals surface area contributed by atoms with Crippen LogP contribution in [0.1, 0.15) is 5.69 Å². The maximum Gasteiger partial charge on any atom is 0.183 e. The molecule has 1 heterocycles. The lowest BCUT2D eigenvalue weighted by Gasteiger charge is -2.06. The van der Waals surface area contributed by atoms with E-state index in [0.29, 0.717) is 11.5 Å². The first-order valence-electron chi connectivity index (χ1n) is 5.00. The Morgan fingerprint density at radius 2 is 1.82 bits per heavy atom. The van der Waals surface area contributed by atoms with Gasteiger partial charge in [0, 0.05) is 6.20 Å². The summed E-state index contributed by atoms with van der Waals surface area (Å²) in [5.41, 5.74) is 0.267. The Bertz CT molecular complexity index is 544. The van der Waals surface area contributed by atoms with E-state index in [1.54, 1.807) is 49.7 Å². The maximum absolute atomic E-state index is 8.87. The number of hydrogen-bond acceptors (Lipinski definition) is 4. The minimum absolute atomic E-state index is 0.267. The van der Waals surface area contributed by atoms with E-state index in [4.69, 9.17) is 14.7 Å². The fourth-order valence-electron chi connectivity index (χ4n) is 1.33. The summed E-state index contributed by atoms with van der Waals surface area (Å²) in [6, 6.07) is 12.5. The first kappa shape index (κ1) is 11.0. The van der Waals surface area contributed by atoms with Crippen LogP contribution in [0.3, 0.4) is 0 Å². The smallest absolute Gasteiger partial charge is 0.183 e. The number of ether oxygens (including phenoxy) is 2. The van der Waals surface area contributed by atoms with Crippen LogP contribution < -0.4 is 9.47 Å². The Hall–Kier alpha value is -2.54. The average molecular weight is 226 g/mol. The number of methoxy groups -OCH3 is 1. The van der Waals surface area contributed by atoms with Crippen LogP contribution in [0.2, 0.25) is 0 Å². The Morgan fingerprint density at radius 1 is 1.12 bits per heavy atom. The zero-order chi connectivity index (χ0) is 12.1. The highest BCUT2D eigenvalue weighted by atomic mass is 16.5. The van der Waals surface area contributed by atoms with Gasteiger partial charge in [0.2, 0.25) is 0 Å². The lowest BCUT2D eigenvalue weighted by Crippen LogP contribution is -1.90. The van der Waals surface area contributed by atoms with E-state index < -0.39 is 0 Å². The molecule has 2 aromatic rings. The lowest BCUT2D eigenvalue weighted by atomic mass is 10.3. The fraction of sp³-hybridized carbons (Fsp3) is 0.0769. The standard InChI is InChI=1S/C13H10N2O2/c1-16-10-4-6-11(7-5-10)17-13-3-2-8-15-12(13)9-14/h2-8H,1H3. The van der Waals surface area contributed by atoms with Gasteiger partial charge < -0.3 is 9.47 Å². The number of nitrogens with zero attached hydrogens (tertiary/aromatic N) is 2. The second-order valence-electron chi connectivity index (χ2n) is 3.24. The largest absolute Gasteiger partial charge is 0.497 e. The van der Waals surface area contributed by atoms with Crippen molar-refractivity contribution in [3.63, 3.8) is 0 Å². The molecule has 84 valence electrons. The van der Waals surface area contributed by atoms with Crippen molar-refractivity contribution in [3.05, 3.63) is 48.3 Å². The Labute approximate surface area is 99.1 Å². The number of rotatable bonds is 3. The molecule has 0 aliphatic carbocycles. The summed E-state index contributed by atoms with van der Waals surface area (Å²) >= 11 is 0. The summed E-state index contributed by atoms with van der Waals surface area (Å²) < 4.78 is 10.6. The normalized spacial score (nSPS) is 9.41. The van der Waals surface area contributed by atoms with Gasteiger partial charge >= 0.3 is 0 Å². The van der Waals surface area contributed by atoms with Crippen molar-refractivity contribution >= 4 is 0 Å². The van der Waals surface area contributed by atoms with E-state index in [-0.39, 0.29) is 5.69 Å². The van der Waals surface area contributed by atoms with Crippen molar-refractivity contribution in [1.82, 2.24) is 4.98 Å². The van der Waals surface area contributed by atoms with E-state index in [0.717, 1.165) is 5.75 Å². The molecule has 0 aliphatic rings. The highest BCUT2D eigenvalue weighted by molar-refractivity contribution is 5.41. The Kier molecular flexibility index (Phi) is 3.22. The lowest BCUT2D eigenvalue weighted by molar-refractivity contribution is 0.412. The van der Waals surface area contributed by atoms with E-state index in [1.807, 2.05) is 6.07 Å². The molecule has 2 rings (SSSR count). The van der Waals surface area contributed by atoms with Gasteiger partial charge in [-0.1, -0.05) is 0 Å². The van der Waals surface area contributed by atoms with Crippen molar-refractivity contribution in [1.29, 1.82) is 5.26 Å². The van der Waals surface area contributed by atoms with Crippen LogP contribution in [-0.2, 0) is 0 Å². The van der Waals surface area contributed by atoms with Gasteiger partial charge in [-0.3, -0.25) is 0 Å². The predicted octanol–water partition coefficient (Wildman–Crippen LogP) is 2.75. The quantitative estimate of drug-likeness (QED) is 0.807. The summed E-state index contributed by atoms with van der Waals surface area (Å²) in [5.74, 6) is 1.83. The second kappa shape index (κ2) is 4.99. The van der Waals surface area contributed by atoms with Gasteiger partial charge in [0.05, 0.1) is 7.11 Å². The number of pyridine rings is 1. The summed E-state index contributed by atoms with van der Waals surface area (Å²) in [4.78, 5) is 3.92. The molecule has 0 N–H and O–H groups in total. The third-order valence-corrected chi connectivity index (χ3v) is 2.16. The van der Waals surface area contributed by atoms with Gasteiger partial charge in [0.15, 0.2) is 11.4 Å². The first-order chi connectivity index (χ1) is 8.33. The first-order valence-corrected chi connectivity index (χ1v) is 5.00. The molecule has 17 heavy (non-hydrogen) atoms. The molecule has 0 unspecified atom stereocenters. The summed E-state index contributed by atoms with van der Waals surface area (Å²) in [6.07, 6.45) is 1.55. The van der Waals surface area contributed by atoms with Gasteiger partial charge in [0.25, 0.3) is 0 Å². The molecule has 0 bridgehead atoms. The maximum atomic E-state index is 8.87. The zero-order valence-electron chi connectivity index (χ0n) is 9.25. The van der Waals surface area contributed by atoms with Gasteiger partial charge in [0.1, 0.15) is 17.6 Å². The molecular weight excluding hydrogens is 216 g/mol. The van der Waals surface area contributed by atoms with E-state index in [9.17, 15) is 0 Å². The van der Waals surface area contributed by atoms with Crippen molar-refractivity contribution in [2.45, 2.75) is 0 Å². The molecule has 1 aromatic heterocycles. The molecule has 4 nitrogen and oxygen atoms in total. The minimum atomic E-state index is 0.267. The van der Waals surface area contributed by atoms with Crippen LogP contribution >= 0.6 is 0 Å². The fourth-order valence-corrected chi connectivity index (χ4v) is 1.33. The van der Waals surface area contributed by atoms with Crippen molar-refractivity contribution in [2.24, 2.45) is 0 Å². The van der Waals surface area contributed by atoms with Gasteiger partial charge in [-0.2, -0.15) is 5.26 Å². The molecular formula is C13H10N2O2. The van der Waals surface area contributed by atoms with E-state index >= 15 is 0 Å². The molecule has 0 radical (unpaired) electrons. The Balaban J connectivity index is 2.23. The molecule has 1 aromatic carbocycles. The SMILES string of the molecule is COc1ccc(Oc2cccnc2C#N)cc1. The van der Waals surface area contributed by atoms with Crippen LogP contribution in [0, 0.1) is 11.3 Å². The third kappa shape index (κ3) is 2.52. The second-order valence-corrected chi connectivity index (χ2v) is 3.24. The van der Waals surface area contributed by atoms with Crippen molar-refractivity contribution in [2.75, 3.05) is 7.11 Å². The zero-order valence-corrected chi connectivity index (χ0v) is 9.25. The number of benzene rings is 1. The summed E-state index contributed by atoms with van der Waals surface area (Å²) in [6.45, 7) is 0. The Morgan fingerprint density at radius 3 is 2.47 bits per heavy atom. The van der Waals surface area contributed by atoms with E-state index in [2.05, 4.69) is 4.98 Å². The number of hydrogen-bond donors (Lipinski definition) is 0. The highest BCUT2D eigenvalue weighted by Crippen LogP contribution is 2.25. The van der Waals surface area contributed by atoms with Gasteiger partial charge in [-0.15, -0.1) is 0 Å². The number of nitriles is 1. The van der Waals surface area contributed by atoms with Crippen LogP contribution in [-0.4, -0.2) is 12.1 Å². The van der Waals surface area contributed by atoms with Crippen molar-refractivity contribution < 1.29 is 9.47 Å². The molecule has 0 aliphatic heterocycles. The summed E-state index contributed by atoms with van der Waals surface area (Å²) in [5, 5.41) is 8.87. The molecule has 0 saturated carbocycles. The molecule has 0 spiro atoms. The monoisotopic (exact) mass is 226 g/mol. The van der Waals surface area contributed by atoms with E-state index in [1.165, 1.54) is 0 Å². The topological polar surface area (TPSA) is 55.1 Å². The van der Waals surface area contributed by atoms with Crippen LogP contribution in [0.5, 0.6) is 17.2 Å². The molecule has 0 amide bonds.